The highest BCUT2D eigenvalue weighted by Gasteiger charge is 2.11. The number of rotatable bonds is 8. The van der Waals surface area contributed by atoms with Crippen molar-refractivity contribution in [2.45, 2.75) is 0 Å². The number of nitrogens with zero attached hydrogens (tertiary/aromatic N) is 3. The lowest BCUT2D eigenvalue weighted by atomic mass is 10.1. The first kappa shape index (κ1) is 21.3. The van der Waals surface area contributed by atoms with Crippen LogP contribution in [0.2, 0.25) is 0 Å². The van der Waals surface area contributed by atoms with E-state index in [1.807, 2.05) is 91.8 Å². The molecule has 162 valence electrons. The Bertz CT molecular complexity index is 1230. The number of carbonyl (C=O) groups is 1. The second-order valence-corrected chi connectivity index (χ2v) is 7.69. The third kappa shape index (κ3) is 5.19. The molecule has 4 rings (SSSR count). The standard InChI is InChI=1S/C25H26N6O/c1-31(2)16-15-27-25(32)21-8-3-4-9-22(21)28-19-10-12-20-23(29-30-24(20)17-19)13-11-18-7-5-6-14-26-18/h3-14,17,28H,15-16H2,1-2H3,(H,27,32)(H,29,30)/b13-11+. The van der Waals surface area contributed by atoms with Gasteiger partial charge in [-0.2, -0.15) is 5.10 Å². The zero-order chi connectivity index (χ0) is 22.3. The topological polar surface area (TPSA) is 85.9 Å². The molecule has 32 heavy (non-hydrogen) atoms. The highest BCUT2D eigenvalue weighted by Crippen LogP contribution is 2.26. The first-order valence-electron chi connectivity index (χ1n) is 10.5. The maximum absolute atomic E-state index is 12.6. The highest BCUT2D eigenvalue weighted by atomic mass is 16.1. The van der Waals surface area contributed by atoms with Crippen LogP contribution in [0.1, 0.15) is 21.7 Å². The third-order valence-corrected chi connectivity index (χ3v) is 4.99. The van der Waals surface area contributed by atoms with Crippen molar-refractivity contribution in [2.75, 3.05) is 32.5 Å². The molecule has 0 fully saturated rings. The van der Waals surface area contributed by atoms with Crippen LogP contribution in [0, 0.1) is 0 Å². The molecule has 3 N–H and O–H groups in total. The van der Waals surface area contributed by atoms with Crippen LogP contribution in [0.25, 0.3) is 23.1 Å². The number of para-hydroxylation sites is 1. The van der Waals surface area contributed by atoms with E-state index in [1.165, 1.54) is 0 Å². The lowest BCUT2D eigenvalue weighted by Crippen LogP contribution is -2.31. The maximum Gasteiger partial charge on any atom is 0.253 e. The first-order valence-corrected chi connectivity index (χ1v) is 10.5. The predicted molar refractivity (Wildman–Crippen MR) is 130 cm³/mol. The monoisotopic (exact) mass is 426 g/mol. The van der Waals surface area contributed by atoms with Crippen LogP contribution in [-0.4, -0.2) is 53.2 Å². The Kier molecular flexibility index (Phi) is 6.57. The summed E-state index contributed by atoms with van der Waals surface area (Å²) >= 11 is 0. The van der Waals surface area contributed by atoms with E-state index in [-0.39, 0.29) is 5.91 Å². The summed E-state index contributed by atoms with van der Waals surface area (Å²) in [5.41, 5.74) is 4.86. The molecule has 2 heterocycles. The van der Waals surface area contributed by atoms with Crippen molar-refractivity contribution in [3.05, 3.63) is 83.8 Å². The fourth-order valence-electron chi connectivity index (χ4n) is 3.32. The zero-order valence-corrected chi connectivity index (χ0v) is 18.2. The fraction of sp³-hybridized carbons (Fsp3) is 0.160. The van der Waals surface area contributed by atoms with Gasteiger partial charge in [-0.15, -0.1) is 0 Å². The van der Waals surface area contributed by atoms with E-state index in [9.17, 15) is 4.79 Å². The summed E-state index contributed by atoms with van der Waals surface area (Å²) in [4.78, 5) is 19.0. The Morgan fingerprint density at radius 3 is 2.72 bits per heavy atom. The lowest BCUT2D eigenvalue weighted by molar-refractivity contribution is 0.0952. The molecule has 7 nitrogen and oxygen atoms in total. The van der Waals surface area contributed by atoms with Crippen LogP contribution in [0.3, 0.4) is 0 Å². The highest BCUT2D eigenvalue weighted by molar-refractivity contribution is 6.00. The molecule has 0 atom stereocenters. The molecule has 0 aliphatic rings. The number of pyridine rings is 1. The smallest absolute Gasteiger partial charge is 0.253 e. The Morgan fingerprint density at radius 1 is 1.06 bits per heavy atom. The number of aromatic nitrogens is 3. The number of nitrogens with one attached hydrogen (secondary N) is 3. The molecule has 0 saturated carbocycles. The summed E-state index contributed by atoms with van der Waals surface area (Å²) in [6, 6.07) is 19.3. The molecule has 0 bridgehead atoms. The van der Waals surface area contributed by atoms with Gasteiger partial charge in [-0.3, -0.25) is 14.9 Å². The maximum atomic E-state index is 12.6. The molecule has 2 aromatic carbocycles. The largest absolute Gasteiger partial charge is 0.355 e. The van der Waals surface area contributed by atoms with Crippen LogP contribution < -0.4 is 10.6 Å². The number of hydrogen-bond acceptors (Lipinski definition) is 5. The van der Waals surface area contributed by atoms with E-state index < -0.39 is 0 Å². The zero-order valence-electron chi connectivity index (χ0n) is 18.2. The van der Waals surface area contributed by atoms with Crippen molar-refractivity contribution in [1.29, 1.82) is 0 Å². The summed E-state index contributed by atoms with van der Waals surface area (Å²) in [5.74, 6) is -0.0977. The van der Waals surface area contributed by atoms with Crippen LogP contribution in [0.4, 0.5) is 11.4 Å². The van der Waals surface area contributed by atoms with Gasteiger partial charge in [0.15, 0.2) is 0 Å². The van der Waals surface area contributed by atoms with Gasteiger partial charge in [-0.05, 0) is 68.7 Å². The van der Waals surface area contributed by atoms with Gasteiger partial charge in [-0.25, -0.2) is 0 Å². The SMILES string of the molecule is CN(C)CCNC(=O)c1ccccc1Nc1ccc2c(/C=C/c3ccccn3)n[nH]c2c1. The van der Waals surface area contributed by atoms with E-state index >= 15 is 0 Å². The van der Waals surface area contributed by atoms with Gasteiger partial charge >= 0.3 is 0 Å². The van der Waals surface area contributed by atoms with Gasteiger partial charge in [0.05, 0.1) is 28.2 Å². The van der Waals surface area contributed by atoms with E-state index in [0.29, 0.717) is 12.1 Å². The molecule has 0 spiro atoms. The number of benzene rings is 2. The van der Waals surface area contributed by atoms with Gasteiger partial charge in [0.2, 0.25) is 0 Å². The molecular formula is C25H26N6O. The number of anilines is 2. The minimum absolute atomic E-state index is 0.0977. The van der Waals surface area contributed by atoms with Gasteiger partial charge in [0, 0.05) is 30.4 Å². The second kappa shape index (κ2) is 9.89. The lowest BCUT2D eigenvalue weighted by Gasteiger charge is -2.14. The predicted octanol–water partition coefficient (Wildman–Crippen LogP) is 4.16. The van der Waals surface area contributed by atoms with E-state index in [1.54, 1.807) is 6.20 Å². The van der Waals surface area contributed by atoms with Crippen LogP contribution >= 0.6 is 0 Å². The Labute approximate surface area is 187 Å². The van der Waals surface area contributed by atoms with Crippen molar-refractivity contribution in [2.24, 2.45) is 0 Å². The summed E-state index contributed by atoms with van der Waals surface area (Å²) in [6.45, 7) is 1.38. The molecule has 0 unspecified atom stereocenters. The molecule has 0 radical (unpaired) electrons. The summed E-state index contributed by atoms with van der Waals surface area (Å²) in [6.07, 6.45) is 5.65. The van der Waals surface area contributed by atoms with Crippen molar-refractivity contribution < 1.29 is 4.79 Å². The first-order chi connectivity index (χ1) is 15.6. The molecule has 4 aromatic rings. The molecule has 1 amide bonds. The summed E-state index contributed by atoms with van der Waals surface area (Å²) in [5, 5.41) is 14.8. The molecule has 0 aliphatic heterocycles. The molecule has 0 aliphatic carbocycles. The third-order valence-electron chi connectivity index (χ3n) is 4.99. The van der Waals surface area contributed by atoms with Gasteiger partial charge in [0.1, 0.15) is 0 Å². The Hall–Kier alpha value is -3.97. The molecule has 7 heteroatoms. The average molecular weight is 427 g/mol. The number of carbonyl (C=O) groups excluding carboxylic acids is 1. The quantitative estimate of drug-likeness (QED) is 0.394. The number of amides is 1. The van der Waals surface area contributed by atoms with Crippen molar-refractivity contribution in [3.8, 4) is 0 Å². The Morgan fingerprint density at radius 2 is 1.91 bits per heavy atom. The van der Waals surface area contributed by atoms with Crippen molar-refractivity contribution >= 4 is 40.3 Å². The minimum atomic E-state index is -0.0977. The van der Waals surface area contributed by atoms with Crippen LogP contribution in [0.5, 0.6) is 0 Å². The van der Waals surface area contributed by atoms with Crippen molar-refractivity contribution in [1.82, 2.24) is 25.4 Å². The average Bonchev–Trinajstić information content (AvgIpc) is 3.20. The van der Waals surface area contributed by atoms with Gasteiger partial charge in [0.25, 0.3) is 5.91 Å². The van der Waals surface area contributed by atoms with E-state index in [4.69, 9.17) is 0 Å². The number of H-pyrrole nitrogens is 1. The summed E-state index contributed by atoms with van der Waals surface area (Å²) in [7, 11) is 3.96. The van der Waals surface area contributed by atoms with Crippen molar-refractivity contribution in [3.63, 3.8) is 0 Å². The number of likely N-dealkylation sites (N-methyl/N-ethyl adjacent to an activating group) is 1. The molecule has 2 aromatic heterocycles. The molecule has 0 saturated heterocycles. The van der Waals surface area contributed by atoms with E-state index in [2.05, 4.69) is 25.8 Å². The second-order valence-electron chi connectivity index (χ2n) is 7.69. The fourth-order valence-corrected chi connectivity index (χ4v) is 3.32. The normalized spacial score (nSPS) is 11.3. The minimum Gasteiger partial charge on any atom is -0.355 e. The molecular weight excluding hydrogens is 400 g/mol. The Balaban J connectivity index is 1.51. The van der Waals surface area contributed by atoms with Gasteiger partial charge in [-0.1, -0.05) is 18.2 Å². The van der Waals surface area contributed by atoms with Crippen LogP contribution in [-0.2, 0) is 0 Å². The summed E-state index contributed by atoms with van der Waals surface area (Å²) < 4.78 is 0. The number of hydrogen-bond donors (Lipinski definition) is 3. The van der Waals surface area contributed by atoms with Crippen LogP contribution in [0.15, 0.2) is 66.9 Å². The number of aromatic amines is 1. The number of fused-ring (bicyclic) bond motifs is 1. The van der Waals surface area contributed by atoms with E-state index in [0.717, 1.165) is 40.2 Å². The van der Waals surface area contributed by atoms with Gasteiger partial charge < -0.3 is 15.5 Å².